The molecule has 0 aliphatic carbocycles. The van der Waals surface area contributed by atoms with E-state index in [1.807, 2.05) is 14.1 Å². The highest BCUT2D eigenvalue weighted by atomic mass is 31.2. The molecule has 0 aromatic rings. The molecule has 7 nitrogen and oxygen atoms in total. The van der Waals surface area contributed by atoms with Crippen LogP contribution in [0.4, 0.5) is 0 Å². The molecule has 0 saturated carbocycles. The van der Waals surface area contributed by atoms with Crippen LogP contribution in [-0.4, -0.2) is 72.5 Å². The molecular formula is C19H43NO6P+. The summed E-state index contributed by atoms with van der Waals surface area (Å²) in [5.74, 6) is 0. The molecule has 27 heavy (non-hydrogen) atoms. The Morgan fingerprint density at radius 2 is 1.41 bits per heavy atom. The quantitative estimate of drug-likeness (QED) is 0.171. The molecule has 8 heteroatoms. The van der Waals surface area contributed by atoms with Crippen molar-refractivity contribution in [3.63, 3.8) is 0 Å². The van der Waals surface area contributed by atoms with E-state index < -0.39 is 13.9 Å². The Hall–Kier alpha value is -0.0100. The lowest BCUT2D eigenvalue weighted by atomic mass is 10.1. The van der Waals surface area contributed by atoms with Crippen LogP contribution in [-0.2, 0) is 13.8 Å². The smallest absolute Gasteiger partial charge is 0.385 e. The lowest BCUT2D eigenvalue weighted by molar-refractivity contribution is -0.893. The minimum Gasteiger partial charge on any atom is -0.385 e. The zero-order valence-corrected chi connectivity index (χ0v) is 18.5. The van der Waals surface area contributed by atoms with Crippen LogP contribution in [0.3, 0.4) is 0 Å². The number of nitrogens with zero attached hydrogens (tertiary/aromatic N) is 1. The topological polar surface area (TPSA) is 96.2 Å². The van der Waals surface area contributed by atoms with Crippen LogP contribution in [0.25, 0.3) is 0 Å². The standard InChI is InChI=1S/C19H42NO6P/c1-4-5-6-7-8-9-10-11-12-13-15-25-18-19(21)17-20(2,3)14-16-26-27(22,23)24/h19,21H,4-18H2,1-3H3,(H-,22,23,24)/p+1. The van der Waals surface area contributed by atoms with Crippen molar-refractivity contribution < 1.29 is 33.2 Å². The van der Waals surface area contributed by atoms with Crippen molar-refractivity contribution in [3.8, 4) is 0 Å². The summed E-state index contributed by atoms with van der Waals surface area (Å²) in [6.07, 6.45) is 12.3. The average molecular weight is 413 g/mol. The van der Waals surface area contributed by atoms with E-state index in [1.54, 1.807) is 0 Å². The molecule has 1 unspecified atom stereocenters. The summed E-state index contributed by atoms with van der Waals surface area (Å²) in [7, 11) is -0.659. The molecule has 0 aliphatic rings. The highest BCUT2D eigenvalue weighted by Crippen LogP contribution is 2.35. The fourth-order valence-electron chi connectivity index (χ4n) is 3.03. The number of aliphatic hydroxyl groups excluding tert-OH is 1. The molecule has 0 aromatic carbocycles. The van der Waals surface area contributed by atoms with Gasteiger partial charge in [-0.15, -0.1) is 0 Å². The molecule has 1 atom stereocenters. The second-order valence-corrected chi connectivity index (χ2v) is 9.32. The van der Waals surface area contributed by atoms with Gasteiger partial charge in [-0.25, -0.2) is 4.57 Å². The number of ether oxygens (including phenoxy) is 1. The SMILES string of the molecule is CCCCCCCCCCCCOCC(O)C[N+](C)(C)CCOP(=O)(O)O. The van der Waals surface area contributed by atoms with Crippen molar-refractivity contribution in [1.29, 1.82) is 0 Å². The summed E-state index contributed by atoms with van der Waals surface area (Å²) in [6.45, 7) is 4.00. The first-order chi connectivity index (χ1) is 12.7. The van der Waals surface area contributed by atoms with Crippen LogP contribution < -0.4 is 0 Å². The Labute approximate surface area is 165 Å². The minimum atomic E-state index is -4.43. The number of rotatable bonds is 19. The molecule has 0 aliphatic heterocycles. The molecule has 3 N–H and O–H groups in total. The zero-order valence-electron chi connectivity index (χ0n) is 17.6. The van der Waals surface area contributed by atoms with Gasteiger partial charge in [-0.2, -0.15) is 0 Å². The minimum absolute atomic E-state index is 0.0521. The van der Waals surface area contributed by atoms with Crippen molar-refractivity contribution in [1.82, 2.24) is 0 Å². The van der Waals surface area contributed by atoms with E-state index in [0.29, 0.717) is 30.8 Å². The zero-order chi connectivity index (χ0) is 20.6. The predicted molar refractivity (Wildman–Crippen MR) is 109 cm³/mol. The average Bonchev–Trinajstić information content (AvgIpc) is 2.54. The van der Waals surface area contributed by atoms with Crippen molar-refractivity contribution in [2.75, 3.05) is 47.0 Å². The number of aliphatic hydroxyl groups is 1. The van der Waals surface area contributed by atoms with E-state index in [-0.39, 0.29) is 6.61 Å². The van der Waals surface area contributed by atoms with Crippen LogP contribution in [0.1, 0.15) is 71.1 Å². The molecule has 0 saturated heterocycles. The fourth-order valence-corrected chi connectivity index (χ4v) is 3.35. The molecule has 164 valence electrons. The predicted octanol–water partition coefficient (Wildman–Crippen LogP) is 3.47. The summed E-state index contributed by atoms with van der Waals surface area (Å²) in [5, 5.41) is 10.1. The van der Waals surface area contributed by atoms with E-state index in [4.69, 9.17) is 14.5 Å². The number of hydrogen-bond acceptors (Lipinski definition) is 4. The van der Waals surface area contributed by atoms with Gasteiger partial charge in [0.15, 0.2) is 0 Å². The molecule has 0 spiro atoms. The van der Waals surface area contributed by atoms with Crippen molar-refractivity contribution in [2.45, 2.75) is 77.2 Å². The van der Waals surface area contributed by atoms with Crippen molar-refractivity contribution >= 4 is 7.82 Å². The van der Waals surface area contributed by atoms with Crippen LogP contribution in [0, 0.1) is 0 Å². The lowest BCUT2D eigenvalue weighted by Gasteiger charge is -2.31. The largest absolute Gasteiger partial charge is 0.469 e. The normalized spacial score (nSPS) is 13.9. The third-order valence-electron chi connectivity index (χ3n) is 4.61. The van der Waals surface area contributed by atoms with Crippen LogP contribution >= 0.6 is 7.82 Å². The highest BCUT2D eigenvalue weighted by Gasteiger charge is 2.23. The molecule has 0 radical (unpaired) electrons. The number of phosphoric ester groups is 1. The van der Waals surface area contributed by atoms with Gasteiger partial charge < -0.3 is 24.1 Å². The molecule has 0 bridgehead atoms. The molecule has 0 rings (SSSR count). The van der Waals surface area contributed by atoms with Gasteiger partial charge in [-0.05, 0) is 6.42 Å². The maximum absolute atomic E-state index is 10.7. The van der Waals surface area contributed by atoms with E-state index >= 15 is 0 Å². The maximum atomic E-state index is 10.7. The summed E-state index contributed by atoms with van der Waals surface area (Å²) in [6, 6.07) is 0. The van der Waals surface area contributed by atoms with Crippen molar-refractivity contribution in [2.24, 2.45) is 0 Å². The van der Waals surface area contributed by atoms with Gasteiger partial charge in [0.2, 0.25) is 0 Å². The third kappa shape index (κ3) is 20.5. The summed E-state index contributed by atoms with van der Waals surface area (Å²) in [4.78, 5) is 17.4. The fraction of sp³-hybridized carbons (Fsp3) is 1.00. The highest BCUT2D eigenvalue weighted by molar-refractivity contribution is 7.46. The van der Waals surface area contributed by atoms with Gasteiger partial charge in [0.05, 0.1) is 20.7 Å². The molecule has 0 fully saturated rings. The molecule has 0 heterocycles. The Morgan fingerprint density at radius 3 is 1.93 bits per heavy atom. The first-order valence-electron chi connectivity index (χ1n) is 10.4. The second-order valence-electron chi connectivity index (χ2n) is 8.08. The summed E-state index contributed by atoms with van der Waals surface area (Å²) in [5.41, 5.74) is 0. The molecular weight excluding hydrogens is 369 g/mol. The van der Waals surface area contributed by atoms with Gasteiger partial charge in [0.25, 0.3) is 0 Å². The van der Waals surface area contributed by atoms with Crippen LogP contribution in [0.15, 0.2) is 0 Å². The monoisotopic (exact) mass is 412 g/mol. The Bertz CT molecular complexity index is 388. The second kappa shape index (κ2) is 15.9. The molecule has 0 amide bonds. The first-order valence-corrected chi connectivity index (χ1v) is 12.0. The maximum Gasteiger partial charge on any atom is 0.469 e. The molecule has 0 aromatic heterocycles. The number of hydrogen-bond donors (Lipinski definition) is 3. The number of phosphoric acid groups is 1. The van der Waals surface area contributed by atoms with E-state index in [2.05, 4.69) is 11.4 Å². The first kappa shape index (κ1) is 27.0. The Morgan fingerprint density at radius 1 is 0.889 bits per heavy atom. The number of likely N-dealkylation sites (N-methyl/N-ethyl adjacent to an activating group) is 1. The van der Waals surface area contributed by atoms with E-state index in [0.717, 1.165) is 6.42 Å². The van der Waals surface area contributed by atoms with Gasteiger partial charge in [-0.1, -0.05) is 64.7 Å². The van der Waals surface area contributed by atoms with Gasteiger partial charge in [0.1, 0.15) is 25.8 Å². The summed E-state index contributed by atoms with van der Waals surface area (Å²) >= 11 is 0. The van der Waals surface area contributed by atoms with Crippen LogP contribution in [0.5, 0.6) is 0 Å². The van der Waals surface area contributed by atoms with Crippen LogP contribution in [0.2, 0.25) is 0 Å². The number of quaternary nitrogens is 1. The van der Waals surface area contributed by atoms with E-state index in [1.165, 1.54) is 57.8 Å². The van der Waals surface area contributed by atoms with Gasteiger partial charge in [0, 0.05) is 6.61 Å². The van der Waals surface area contributed by atoms with E-state index in [9.17, 15) is 9.67 Å². The number of unbranched alkanes of at least 4 members (excludes halogenated alkanes) is 9. The van der Waals surface area contributed by atoms with Gasteiger partial charge >= 0.3 is 7.82 Å². The Balaban J connectivity index is 3.52. The Kier molecular flexibility index (Phi) is 15.9. The summed E-state index contributed by atoms with van der Waals surface area (Å²) < 4.78 is 21.1. The lowest BCUT2D eigenvalue weighted by Crippen LogP contribution is -2.48. The van der Waals surface area contributed by atoms with Crippen molar-refractivity contribution in [3.05, 3.63) is 0 Å². The van der Waals surface area contributed by atoms with Gasteiger partial charge in [-0.3, -0.25) is 4.52 Å². The third-order valence-corrected chi connectivity index (χ3v) is 5.13.